The van der Waals surface area contributed by atoms with Gasteiger partial charge in [0.15, 0.2) is 10.2 Å². The van der Waals surface area contributed by atoms with Gasteiger partial charge in [0.1, 0.15) is 0 Å². The standard InChI is InChI=1S/C11H7Cl2N3OS2/c12-7-3-6(4-8(13)5-7)9(17)15-10(18)16-11-14-1-2-19-11/h1-5H,(H2,14,15,16,17,18). The zero-order valence-corrected chi connectivity index (χ0v) is 12.5. The smallest absolute Gasteiger partial charge is 0.257 e. The zero-order chi connectivity index (χ0) is 13.8. The summed E-state index contributed by atoms with van der Waals surface area (Å²) in [6.07, 6.45) is 1.63. The summed E-state index contributed by atoms with van der Waals surface area (Å²) >= 11 is 18.0. The summed E-state index contributed by atoms with van der Waals surface area (Å²) in [6, 6.07) is 4.57. The maximum Gasteiger partial charge on any atom is 0.257 e. The summed E-state index contributed by atoms with van der Waals surface area (Å²) < 4.78 is 0. The Kier molecular flexibility index (Phi) is 4.71. The molecule has 0 aliphatic heterocycles. The number of benzene rings is 1. The van der Waals surface area contributed by atoms with E-state index in [9.17, 15) is 4.79 Å². The first-order valence-corrected chi connectivity index (χ1v) is 7.07. The molecule has 98 valence electrons. The summed E-state index contributed by atoms with van der Waals surface area (Å²) in [5.41, 5.74) is 0.334. The first-order chi connectivity index (χ1) is 9.04. The Morgan fingerprint density at radius 1 is 1.26 bits per heavy atom. The van der Waals surface area contributed by atoms with Gasteiger partial charge in [-0.15, -0.1) is 11.3 Å². The predicted octanol–water partition coefficient (Wildman–Crippen LogP) is 3.58. The number of nitrogens with one attached hydrogen (secondary N) is 2. The molecule has 19 heavy (non-hydrogen) atoms. The van der Waals surface area contributed by atoms with Crippen molar-refractivity contribution >= 4 is 62.9 Å². The molecule has 4 nitrogen and oxygen atoms in total. The van der Waals surface area contributed by atoms with E-state index in [4.69, 9.17) is 35.4 Å². The Bertz CT molecular complexity index is 596. The van der Waals surface area contributed by atoms with E-state index in [1.54, 1.807) is 17.6 Å². The largest absolute Gasteiger partial charge is 0.308 e. The van der Waals surface area contributed by atoms with Crippen LogP contribution in [0, 0.1) is 0 Å². The Hall–Kier alpha value is -1.21. The van der Waals surface area contributed by atoms with Crippen molar-refractivity contribution in [3.05, 3.63) is 45.4 Å². The van der Waals surface area contributed by atoms with E-state index in [-0.39, 0.29) is 5.11 Å². The third-order valence-electron chi connectivity index (χ3n) is 2.00. The Labute approximate surface area is 128 Å². The Balaban J connectivity index is 2.02. The molecule has 0 bridgehead atoms. The Morgan fingerprint density at radius 2 is 1.95 bits per heavy atom. The number of hydrogen-bond donors (Lipinski definition) is 2. The molecule has 0 aliphatic rings. The number of carbonyl (C=O) groups is 1. The predicted molar refractivity (Wildman–Crippen MR) is 82.3 cm³/mol. The van der Waals surface area contributed by atoms with Crippen molar-refractivity contribution in [1.82, 2.24) is 10.3 Å². The summed E-state index contributed by atoms with van der Waals surface area (Å²) in [5, 5.41) is 8.65. The maximum atomic E-state index is 11.9. The third-order valence-corrected chi connectivity index (χ3v) is 3.33. The van der Waals surface area contributed by atoms with Gasteiger partial charge in [0.05, 0.1) is 0 Å². The van der Waals surface area contributed by atoms with Crippen LogP contribution in [0.25, 0.3) is 0 Å². The van der Waals surface area contributed by atoms with Crippen LogP contribution in [0.15, 0.2) is 29.8 Å². The van der Waals surface area contributed by atoms with Crippen LogP contribution in [0.4, 0.5) is 5.13 Å². The molecular formula is C11H7Cl2N3OS2. The van der Waals surface area contributed by atoms with Crippen molar-refractivity contribution in [1.29, 1.82) is 0 Å². The molecule has 2 aromatic rings. The van der Waals surface area contributed by atoms with Crippen molar-refractivity contribution in [2.24, 2.45) is 0 Å². The second kappa shape index (κ2) is 6.29. The number of anilines is 1. The molecule has 0 radical (unpaired) electrons. The molecule has 0 atom stereocenters. The lowest BCUT2D eigenvalue weighted by Crippen LogP contribution is -2.34. The minimum atomic E-state index is -0.390. The molecule has 1 aromatic carbocycles. The second-order valence-corrected chi connectivity index (χ2v) is 5.58. The Morgan fingerprint density at radius 3 is 2.53 bits per heavy atom. The number of nitrogens with zero attached hydrogens (tertiary/aromatic N) is 1. The highest BCUT2D eigenvalue weighted by molar-refractivity contribution is 7.80. The van der Waals surface area contributed by atoms with Crippen molar-refractivity contribution in [3.8, 4) is 0 Å². The highest BCUT2D eigenvalue weighted by atomic mass is 35.5. The molecule has 0 fully saturated rings. The van der Waals surface area contributed by atoms with Crippen LogP contribution >= 0.6 is 46.8 Å². The van der Waals surface area contributed by atoms with E-state index in [0.717, 1.165) is 0 Å². The highest BCUT2D eigenvalue weighted by Crippen LogP contribution is 2.19. The summed E-state index contributed by atoms with van der Waals surface area (Å²) in [4.78, 5) is 15.9. The molecule has 1 amide bonds. The summed E-state index contributed by atoms with van der Waals surface area (Å²) in [5.74, 6) is -0.390. The van der Waals surface area contributed by atoms with E-state index in [1.165, 1.54) is 23.5 Å². The van der Waals surface area contributed by atoms with Crippen molar-refractivity contribution < 1.29 is 4.79 Å². The van der Waals surface area contributed by atoms with Gasteiger partial charge in [-0.05, 0) is 30.4 Å². The number of thiazole rings is 1. The highest BCUT2D eigenvalue weighted by Gasteiger charge is 2.10. The molecule has 0 aliphatic carbocycles. The van der Waals surface area contributed by atoms with Gasteiger partial charge < -0.3 is 5.32 Å². The number of thiocarbonyl (C=S) groups is 1. The quantitative estimate of drug-likeness (QED) is 0.826. The molecule has 0 saturated heterocycles. The third kappa shape index (κ3) is 4.14. The van der Waals surface area contributed by atoms with Crippen LogP contribution in [-0.2, 0) is 0 Å². The van der Waals surface area contributed by atoms with Crippen LogP contribution in [0.1, 0.15) is 10.4 Å². The van der Waals surface area contributed by atoms with E-state index in [1.807, 2.05) is 0 Å². The fourth-order valence-electron chi connectivity index (χ4n) is 1.27. The van der Waals surface area contributed by atoms with Gasteiger partial charge in [-0.2, -0.15) is 0 Å². The van der Waals surface area contributed by atoms with Crippen LogP contribution in [0.3, 0.4) is 0 Å². The number of aromatic nitrogens is 1. The van der Waals surface area contributed by atoms with Gasteiger partial charge in [-0.3, -0.25) is 10.1 Å². The van der Waals surface area contributed by atoms with Gasteiger partial charge in [0.2, 0.25) is 0 Å². The minimum Gasteiger partial charge on any atom is -0.308 e. The van der Waals surface area contributed by atoms with Gasteiger partial charge in [-0.1, -0.05) is 23.2 Å². The molecule has 0 spiro atoms. The molecule has 8 heteroatoms. The topological polar surface area (TPSA) is 54.0 Å². The molecule has 2 N–H and O–H groups in total. The lowest BCUT2D eigenvalue weighted by atomic mass is 10.2. The van der Waals surface area contributed by atoms with Gasteiger partial charge >= 0.3 is 0 Å². The normalized spacial score (nSPS) is 10.0. The molecule has 0 saturated carbocycles. The fourth-order valence-corrected chi connectivity index (χ4v) is 2.59. The van der Waals surface area contributed by atoms with Crippen molar-refractivity contribution in [2.75, 3.05) is 5.32 Å². The van der Waals surface area contributed by atoms with E-state index >= 15 is 0 Å². The van der Waals surface area contributed by atoms with E-state index < -0.39 is 5.91 Å². The molecule has 1 heterocycles. The summed E-state index contributed by atoms with van der Waals surface area (Å²) in [6.45, 7) is 0. The average molecular weight is 332 g/mol. The zero-order valence-electron chi connectivity index (χ0n) is 9.31. The number of hydrogen-bond acceptors (Lipinski definition) is 4. The molecular weight excluding hydrogens is 325 g/mol. The van der Waals surface area contributed by atoms with Gasteiger partial charge in [0, 0.05) is 27.2 Å². The monoisotopic (exact) mass is 331 g/mol. The van der Waals surface area contributed by atoms with Crippen molar-refractivity contribution in [2.45, 2.75) is 0 Å². The first-order valence-electron chi connectivity index (χ1n) is 5.02. The maximum absolute atomic E-state index is 11.9. The average Bonchev–Trinajstić information content (AvgIpc) is 2.80. The number of halogens is 2. The molecule has 0 unspecified atom stereocenters. The molecule has 1 aromatic heterocycles. The van der Waals surface area contributed by atoms with Gasteiger partial charge in [0.25, 0.3) is 5.91 Å². The van der Waals surface area contributed by atoms with Crippen LogP contribution in [0.2, 0.25) is 10.0 Å². The fraction of sp³-hybridized carbons (Fsp3) is 0. The van der Waals surface area contributed by atoms with Crippen LogP contribution in [0.5, 0.6) is 0 Å². The lowest BCUT2D eigenvalue weighted by molar-refractivity contribution is 0.0977. The second-order valence-electron chi connectivity index (χ2n) is 3.40. The van der Waals surface area contributed by atoms with E-state index in [0.29, 0.717) is 20.7 Å². The number of amides is 1. The van der Waals surface area contributed by atoms with Gasteiger partial charge in [-0.25, -0.2) is 4.98 Å². The molecule has 2 rings (SSSR count). The van der Waals surface area contributed by atoms with Crippen LogP contribution < -0.4 is 10.6 Å². The number of carbonyl (C=O) groups excluding carboxylic acids is 1. The van der Waals surface area contributed by atoms with Crippen LogP contribution in [-0.4, -0.2) is 16.0 Å². The summed E-state index contributed by atoms with van der Waals surface area (Å²) in [7, 11) is 0. The van der Waals surface area contributed by atoms with E-state index in [2.05, 4.69) is 15.6 Å². The lowest BCUT2D eigenvalue weighted by Gasteiger charge is -2.07. The number of rotatable bonds is 2. The van der Waals surface area contributed by atoms with Crippen molar-refractivity contribution in [3.63, 3.8) is 0 Å². The first kappa shape index (κ1) is 14.2. The SMILES string of the molecule is O=C(NC(=S)Nc1nccs1)c1cc(Cl)cc(Cl)c1. The minimum absolute atomic E-state index is 0.163.